The number of benzene rings is 3. The van der Waals surface area contributed by atoms with Crippen molar-refractivity contribution in [2.75, 3.05) is 17.2 Å². The Hall–Kier alpha value is -4.65. The molecule has 0 spiro atoms. The Labute approximate surface area is 190 Å². The highest BCUT2D eigenvalue weighted by atomic mass is 16.5. The molecule has 33 heavy (non-hydrogen) atoms. The fraction of sp³-hybridized carbons (Fsp3) is 0.0385. The molecule has 0 saturated carbocycles. The summed E-state index contributed by atoms with van der Waals surface area (Å²) in [5.74, 6) is -1.31. The van der Waals surface area contributed by atoms with E-state index in [1.807, 2.05) is 42.5 Å². The van der Waals surface area contributed by atoms with Crippen LogP contribution in [0.3, 0.4) is 0 Å². The lowest BCUT2D eigenvalue weighted by atomic mass is 10.1. The van der Waals surface area contributed by atoms with E-state index in [-0.39, 0.29) is 11.3 Å². The van der Waals surface area contributed by atoms with Crippen LogP contribution in [-0.4, -0.2) is 24.4 Å². The Balaban J connectivity index is 1.26. The summed E-state index contributed by atoms with van der Waals surface area (Å²) in [5.41, 5.74) is 3.46. The van der Waals surface area contributed by atoms with E-state index in [1.165, 1.54) is 18.4 Å². The number of carbonyl (C=O) groups excluding carboxylic acids is 3. The van der Waals surface area contributed by atoms with Crippen LogP contribution in [0.2, 0.25) is 0 Å². The van der Waals surface area contributed by atoms with Crippen LogP contribution in [0, 0.1) is 0 Å². The lowest BCUT2D eigenvalue weighted by molar-refractivity contribution is -0.119. The van der Waals surface area contributed by atoms with Crippen molar-refractivity contribution in [2.24, 2.45) is 0 Å². The van der Waals surface area contributed by atoms with Crippen LogP contribution < -0.4 is 10.6 Å². The molecule has 7 nitrogen and oxygen atoms in total. The van der Waals surface area contributed by atoms with Gasteiger partial charge in [-0.3, -0.25) is 9.59 Å². The first-order valence-electron chi connectivity index (χ1n) is 10.2. The lowest BCUT2D eigenvalue weighted by Crippen LogP contribution is -2.21. The monoisotopic (exact) mass is 440 g/mol. The second-order valence-corrected chi connectivity index (χ2v) is 7.08. The summed E-state index contributed by atoms with van der Waals surface area (Å²) in [4.78, 5) is 36.3. The van der Waals surface area contributed by atoms with Gasteiger partial charge in [-0.1, -0.05) is 42.5 Å². The normalized spacial score (nSPS) is 10.3. The number of hydrogen-bond acceptors (Lipinski definition) is 5. The predicted octanol–water partition coefficient (Wildman–Crippen LogP) is 4.99. The zero-order valence-electron chi connectivity index (χ0n) is 17.5. The van der Waals surface area contributed by atoms with E-state index in [9.17, 15) is 14.4 Å². The first-order chi connectivity index (χ1) is 16.1. The largest absolute Gasteiger partial charge is 0.459 e. The number of nitrogens with one attached hydrogen (secondary N) is 2. The SMILES string of the molecule is O=C(COC(=O)c1ccc(NC(=O)c2ccco2)cc1)Nc1ccc(-c2ccccc2)cc1. The zero-order chi connectivity index (χ0) is 23.0. The molecule has 4 aromatic rings. The molecule has 164 valence electrons. The third-order valence-corrected chi connectivity index (χ3v) is 4.73. The van der Waals surface area contributed by atoms with Gasteiger partial charge in [0.15, 0.2) is 12.4 Å². The van der Waals surface area contributed by atoms with Gasteiger partial charge in [0, 0.05) is 11.4 Å². The molecule has 7 heteroatoms. The first kappa shape index (κ1) is 21.6. The van der Waals surface area contributed by atoms with Gasteiger partial charge in [-0.05, 0) is 59.7 Å². The molecular formula is C26H20N2O5. The van der Waals surface area contributed by atoms with Crippen LogP contribution in [0.5, 0.6) is 0 Å². The van der Waals surface area contributed by atoms with Crippen molar-refractivity contribution in [3.8, 4) is 11.1 Å². The second-order valence-electron chi connectivity index (χ2n) is 7.08. The molecule has 0 radical (unpaired) electrons. The number of esters is 1. The van der Waals surface area contributed by atoms with Crippen molar-refractivity contribution in [3.63, 3.8) is 0 Å². The fourth-order valence-corrected chi connectivity index (χ4v) is 3.08. The first-order valence-corrected chi connectivity index (χ1v) is 10.2. The van der Waals surface area contributed by atoms with Crippen molar-refractivity contribution in [1.29, 1.82) is 0 Å². The molecule has 0 fully saturated rings. The maximum absolute atomic E-state index is 12.2. The molecule has 0 bridgehead atoms. The van der Waals surface area contributed by atoms with Crippen LogP contribution >= 0.6 is 0 Å². The molecule has 1 aromatic heterocycles. The van der Waals surface area contributed by atoms with E-state index < -0.39 is 24.4 Å². The molecule has 0 unspecified atom stereocenters. The summed E-state index contributed by atoms with van der Waals surface area (Å²) in [5, 5.41) is 5.35. The zero-order valence-corrected chi connectivity index (χ0v) is 17.5. The minimum atomic E-state index is -0.645. The van der Waals surface area contributed by atoms with E-state index in [2.05, 4.69) is 10.6 Å². The van der Waals surface area contributed by atoms with Gasteiger partial charge in [0.05, 0.1) is 11.8 Å². The Morgan fingerprint density at radius 2 is 1.33 bits per heavy atom. The van der Waals surface area contributed by atoms with Crippen molar-refractivity contribution < 1.29 is 23.5 Å². The van der Waals surface area contributed by atoms with Crippen molar-refractivity contribution in [3.05, 3.63) is 109 Å². The van der Waals surface area contributed by atoms with Gasteiger partial charge < -0.3 is 19.8 Å². The van der Waals surface area contributed by atoms with Crippen LogP contribution in [0.4, 0.5) is 11.4 Å². The van der Waals surface area contributed by atoms with Crippen LogP contribution in [-0.2, 0) is 9.53 Å². The molecule has 1 heterocycles. The summed E-state index contributed by atoms with van der Waals surface area (Å²) in [7, 11) is 0. The smallest absolute Gasteiger partial charge is 0.338 e. The number of ether oxygens (including phenoxy) is 1. The predicted molar refractivity (Wildman–Crippen MR) is 124 cm³/mol. The topological polar surface area (TPSA) is 97.6 Å². The third-order valence-electron chi connectivity index (χ3n) is 4.73. The van der Waals surface area contributed by atoms with Gasteiger partial charge in [0.2, 0.25) is 0 Å². The van der Waals surface area contributed by atoms with Crippen molar-refractivity contribution >= 4 is 29.2 Å². The van der Waals surface area contributed by atoms with E-state index in [4.69, 9.17) is 9.15 Å². The molecule has 2 amide bonds. The van der Waals surface area contributed by atoms with E-state index in [1.54, 1.807) is 36.4 Å². The van der Waals surface area contributed by atoms with Crippen molar-refractivity contribution in [2.45, 2.75) is 0 Å². The lowest BCUT2D eigenvalue weighted by Gasteiger charge is -2.08. The van der Waals surface area contributed by atoms with Crippen molar-refractivity contribution in [1.82, 2.24) is 0 Å². The average molecular weight is 440 g/mol. The molecule has 0 atom stereocenters. The standard InChI is InChI=1S/C26H20N2O5/c29-24(27-21-12-8-19(9-13-21)18-5-2-1-3-6-18)17-33-26(31)20-10-14-22(15-11-20)28-25(30)23-7-4-16-32-23/h1-16H,17H2,(H,27,29)(H,28,30). The van der Waals surface area contributed by atoms with Gasteiger partial charge in [0.1, 0.15) is 0 Å². The van der Waals surface area contributed by atoms with Crippen LogP contribution in [0.25, 0.3) is 11.1 Å². The highest BCUT2D eigenvalue weighted by Crippen LogP contribution is 2.21. The third kappa shape index (κ3) is 5.74. The molecule has 0 saturated heterocycles. The molecule has 0 aliphatic heterocycles. The highest BCUT2D eigenvalue weighted by Gasteiger charge is 2.12. The Morgan fingerprint density at radius 1 is 0.697 bits per heavy atom. The average Bonchev–Trinajstić information content (AvgIpc) is 3.39. The number of furan rings is 1. The molecule has 4 rings (SSSR count). The molecular weight excluding hydrogens is 420 g/mol. The highest BCUT2D eigenvalue weighted by molar-refractivity contribution is 6.02. The second kappa shape index (κ2) is 10.1. The van der Waals surface area contributed by atoms with Crippen LogP contribution in [0.1, 0.15) is 20.9 Å². The summed E-state index contributed by atoms with van der Waals surface area (Å²) in [6.07, 6.45) is 1.41. The van der Waals surface area contributed by atoms with E-state index in [0.29, 0.717) is 11.4 Å². The quantitative estimate of drug-likeness (QED) is 0.395. The van der Waals surface area contributed by atoms with E-state index >= 15 is 0 Å². The van der Waals surface area contributed by atoms with Gasteiger partial charge in [-0.15, -0.1) is 0 Å². The minimum Gasteiger partial charge on any atom is -0.459 e. The van der Waals surface area contributed by atoms with Gasteiger partial charge >= 0.3 is 5.97 Å². The molecule has 0 aliphatic rings. The number of hydrogen-bond donors (Lipinski definition) is 2. The molecule has 3 aromatic carbocycles. The molecule has 2 N–H and O–H groups in total. The van der Waals surface area contributed by atoms with Gasteiger partial charge in [-0.25, -0.2) is 4.79 Å². The maximum atomic E-state index is 12.2. The molecule has 0 aliphatic carbocycles. The number of carbonyl (C=O) groups is 3. The number of rotatable bonds is 7. The van der Waals surface area contributed by atoms with Gasteiger partial charge in [0.25, 0.3) is 11.8 Å². The minimum absolute atomic E-state index is 0.180. The van der Waals surface area contributed by atoms with E-state index in [0.717, 1.165) is 11.1 Å². The number of amides is 2. The summed E-state index contributed by atoms with van der Waals surface area (Å²) in [6.45, 7) is -0.420. The Morgan fingerprint density at radius 3 is 2.00 bits per heavy atom. The number of anilines is 2. The van der Waals surface area contributed by atoms with Crippen LogP contribution in [0.15, 0.2) is 102 Å². The summed E-state index contributed by atoms with van der Waals surface area (Å²) in [6, 6.07) is 26.6. The summed E-state index contributed by atoms with van der Waals surface area (Å²) >= 11 is 0. The fourth-order valence-electron chi connectivity index (χ4n) is 3.08. The maximum Gasteiger partial charge on any atom is 0.338 e. The van der Waals surface area contributed by atoms with Gasteiger partial charge in [-0.2, -0.15) is 0 Å². The Bertz CT molecular complexity index is 1230. The summed E-state index contributed by atoms with van der Waals surface area (Å²) < 4.78 is 10.1. The Kier molecular flexibility index (Phi) is 6.61.